The van der Waals surface area contributed by atoms with Crippen molar-refractivity contribution >= 4 is 17.8 Å². The summed E-state index contributed by atoms with van der Waals surface area (Å²) in [6, 6.07) is 7.18. The minimum absolute atomic E-state index is 0.121. The fourth-order valence-corrected chi connectivity index (χ4v) is 3.54. The Labute approximate surface area is 132 Å². The zero-order valence-corrected chi connectivity index (χ0v) is 12.4. The Hall–Kier alpha value is -2.47. The van der Waals surface area contributed by atoms with E-state index in [4.69, 9.17) is 9.47 Å². The van der Waals surface area contributed by atoms with Gasteiger partial charge in [0.2, 0.25) is 0 Å². The largest absolute Gasteiger partial charge is 0.393 e. The van der Waals surface area contributed by atoms with Crippen LogP contribution < -0.4 is 5.32 Å². The molecule has 0 radical (unpaired) electrons. The molecule has 4 unspecified atom stereocenters. The van der Waals surface area contributed by atoms with Crippen LogP contribution in [0, 0.1) is 18.8 Å². The second-order valence-electron chi connectivity index (χ2n) is 6.19. The number of aryl methyl sites for hydroxylation is 1. The smallest absolute Gasteiger partial charge is 0.320 e. The number of rotatable bonds is 3. The van der Waals surface area contributed by atoms with Crippen molar-refractivity contribution in [2.75, 3.05) is 6.54 Å². The SMILES string of the molecule is Cc1ccc(C(=O)NCC23C=CC(O2)C2C(=O)OC(=O)C23)cc1. The lowest BCUT2D eigenvalue weighted by Crippen LogP contribution is -2.47. The van der Waals surface area contributed by atoms with Crippen molar-refractivity contribution in [2.24, 2.45) is 11.8 Å². The normalized spacial score (nSPS) is 33.7. The first kappa shape index (κ1) is 14.1. The molecule has 0 saturated carbocycles. The van der Waals surface area contributed by atoms with Crippen LogP contribution in [0.4, 0.5) is 0 Å². The molecular formula is C17H15NO5. The number of carbonyl (C=O) groups is 3. The number of esters is 2. The number of fused-ring (bicyclic) bond motifs is 5. The summed E-state index contributed by atoms with van der Waals surface area (Å²) >= 11 is 0. The Balaban J connectivity index is 1.52. The monoisotopic (exact) mass is 313 g/mol. The first-order valence-corrected chi connectivity index (χ1v) is 7.48. The number of nitrogens with one attached hydrogen (secondary N) is 1. The van der Waals surface area contributed by atoms with E-state index in [0.717, 1.165) is 5.56 Å². The Bertz CT molecular complexity index is 738. The quantitative estimate of drug-likeness (QED) is 0.506. The van der Waals surface area contributed by atoms with Gasteiger partial charge in [-0.2, -0.15) is 0 Å². The van der Waals surface area contributed by atoms with Gasteiger partial charge in [-0.3, -0.25) is 14.4 Å². The maximum atomic E-state index is 12.2. The van der Waals surface area contributed by atoms with E-state index in [1.807, 2.05) is 19.1 Å². The molecule has 1 amide bonds. The number of hydrogen-bond acceptors (Lipinski definition) is 5. The van der Waals surface area contributed by atoms with Gasteiger partial charge in [-0.05, 0) is 19.1 Å². The van der Waals surface area contributed by atoms with Crippen molar-refractivity contribution in [2.45, 2.75) is 18.6 Å². The summed E-state index contributed by atoms with van der Waals surface area (Å²) in [4.78, 5) is 35.9. The molecule has 3 aliphatic heterocycles. The Morgan fingerprint density at radius 1 is 1.22 bits per heavy atom. The molecule has 3 aliphatic rings. The molecule has 0 aliphatic carbocycles. The molecule has 4 rings (SSSR count). The summed E-state index contributed by atoms with van der Waals surface area (Å²) in [5.41, 5.74) is 0.611. The lowest BCUT2D eigenvalue weighted by atomic mass is 9.77. The van der Waals surface area contributed by atoms with Gasteiger partial charge >= 0.3 is 11.9 Å². The topological polar surface area (TPSA) is 81.7 Å². The average Bonchev–Trinajstić information content (AvgIpc) is 3.18. The van der Waals surface area contributed by atoms with E-state index in [1.165, 1.54) is 0 Å². The number of carbonyl (C=O) groups excluding carboxylic acids is 3. The van der Waals surface area contributed by atoms with Gasteiger partial charge in [0.15, 0.2) is 0 Å². The molecule has 118 valence electrons. The fraction of sp³-hybridized carbons (Fsp3) is 0.353. The molecular weight excluding hydrogens is 298 g/mol. The molecule has 2 bridgehead atoms. The van der Waals surface area contributed by atoms with Gasteiger partial charge in [0, 0.05) is 5.56 Å². The average molecular weight is 313 g/mol. The zero-order valence-electron chi connectivity index (χ0n) is 12.4. The predicted molar refractivity (Wildman–Crippen MR) is 78.3 cm³/mol. The van der Waals surface area contributed by atoms with E-state index in [2.05, 4.69) is 5.32 Å². The molecule has 23 heavy (non-hydrogen) atoms. The Morgan fingerprint density at radius 3 is 2.70 bits per heavy atom. The van der Waals surface area contributed by atoms with E-state index in [0.29, 0.717) is 5.56 Å². The van der Waals surface area contributed by atoms with Gasteiger partial charge in [-0.15, -0.1) is 0 Å². The highest BCUT2D eigenvalue weighted by Crippen LogP contribution is 2.50. The van der Waals surface area contributed by atoms with Gasteiger partial charge in [0.1, 0.15) is 17.4 Å². The second-order valence-corrected chi connectivity index (χ2v) is 6.19. The highest BCUT2D eigenvalue weighted by atomic mass is 16.6. The number of amides is 1. The fourth-order valence-electron chi connectivity index (χ4n) is 3.54. The third kappa shape index (κ3) is 2.02. The first-order valence-electron chi connectivity index (χ1n) is 7.48. The predicted octanol–water partition coefficient (Wildman–Crippen LogP) is 0.748. The Morgan fingerprint density at radius 2 is 1.96 bits per heavy atom. The third-order valence-electron chi connectivity index (χ3n) is 4.73. The molecule has 0 spiro atoms. The minimum atomic E-state index is -0.987. The molecule has 1 N–H and O–H groups in total. The van der Waals surface area contributed by atoms with Crippen LogP contribution in [0.25, 0.3) is 0 Å². The minimum Gasteiger partial charge on any atom is -0.393 e. The van der Waals surface area contributed by atoms with Crippen LogP contribution in [0.5, 0.6) is 0 Å². The summed E-state index contributed by atoms with van der Waals surface area (Å²) in [7, 11) is 0. The van der Waals surface area contributed by atoms with Crippen LogP contribution in [0.15, 0.2) is 36.4 Å². The molecule has 6 heteroatoms. The molecule has 3 heterocycles. The number of ether oxygens (including phenoxy) is 2. The maximum Gasteiger partial charge on any atom is 0.320 e. The third-order valence-corrected chi connectivity index (χ3v) is 4.73. The van der Waals surface area contributed by atoms with Gasteiger partial charge < -0.3 is 14.8 Å². The van der Waals surface area contributed by atoms with E-state index in [-0.39, 0.29) is 12.5 Å². The van der Waals surface area contributed by atoms with Crippen LogP contribution in [0.2, 0.25) is 0 Å². The number of cyclic esters (lactones) is 2. The molecule has 2 saturated heterocycles. The van der Waals surface area contributed by atoms with Crippen molar-refractivity contribution in [3.8, 4) is 0 Å². The van der Waals surface area contributed by atoms with E-state index < -0.39 is 35.5 Å². The van der Waals surface area contributed by atoms with Gasteiger partial charge in [0.05, 0.1) is 12.6 Å². The van der Waals surface area contributed by atoms with E-state index in [9.17, 15) is 14.4 Å². The van der Waals surface area contributed by atoms with Crippen LogP contribution in [-0.2, 0) is 19.1 Å². The van der Waals surface area contributed by atoms with Crippen molar-refractivity contribution < 1.29 is 23.9 Å². The summed E-state index contributed by atoms with van der Waals surface area (Å²) in [6.07, 6.45) is 3.07. The van der Waals surface area contributed by atoms with E-state index in [1.54, 1.807) is 24.3 Å². The molecule has 4 atom stereocenters. The van der Waals surface area contributed by atoms with Crippen LogP contribution in [0.1, 0.15) is 15.9 Å². The summed E-state index contributed by atoms with van der Waals surface area (Å²) in [5.74, 6) is -2.63. The molecule has 6 nitrogen and oxygen atoms in total. The molecule has 1 aromatic carbocycles. The van der Waals surface area contributed by atoms with Crippen molar-refractivity contribution in [1.82, 2.24) is 5.32 Å². The van der Waals surface area contributed by atoms with Gasteiger partial charge in [-0.1, -0.05) is 29.8 Å². The molecule has 1 aromatic rings. The highest BCUT2D eigenvalue weighted by molar-refractivity contribution is 5.99. The number of benzene rings is 1. The van der Waals surface area contributed by atoms with Crippen molar-refractivity contribution in [1.29, 1.82) is 0 Å². The van der Waals surface area contributed by atoms with Crippen molar-refractivity contribution in [3.63, 3.8) is 0 Å². The van der Waals surface area contributed by atoms with Gasteiger partial charge in [0.25, 0.3) is 5.91 Å². The van der Waals surface area contributed by atoms with Crippen molar-refractivity contribution in [3.05, 3.63) is 47.5 Å². The Kier molecular flexibility index (Phi) is 2.93. The van der Waals surface area contributed by atoms with Crippen LogP contribution in [0.3, 0.4) is 0 Å². The summed E-state index contributed by atoms with van der Waals surface area (Å²) in [6.45, 7) is 2.07. The van der Waals surface area contributed by atoms with Crippen LogP contribution >= 0.6 is 0 Å². The van der Waals surface area contributed by atoms with E-state index >= 15 is 0 Å². The number of hydrogen-bond donors (Lipinski definition) is 1. The lowest BCUT2D eigenvalue weighted by Gasteiger charge is -2.27. The summed E-state index contributed by atoms with van der Waals surface area (Å²) in [5, 5.41) is 2.79. The molecule has 0 aromatic heterocycles. The standard InChI is InChI=1S/C17H15NO5/c1-9-2-4-10(5-3-9)14(19)18-8-17-7-6-11(23-17)12-13(17)16(21)22-15(12)20/h2-7,11-13H,8H2,1H3,(H,18,19). The van der Waals surface area contributed by atoms with Gasteiger partial charge in [-0.25, -0.2) is 0 Å². The second kappa shape index (κ2) is 4.76. The highest BCUT2D eigenvalue weighted by Gasteiger charge is 2.66. The maximum absolute atomic E-state index is 12.2. The van der Waals surface area contributed by atoms with Crippen LogP contribution in [-0.4, -0.2) is 36.1 Å². The summed E-state index contributed by atoms with van der Waals surface area (Å²) < 4.78 is 10.6. The lowest BCUT2D eigenvalue weighted by molar-refractivity contribution is -0.158. The first-order chi connectivity index (χ1) is 11.0. The molecule has 2 fully saturated rings. The zero-order chi connectivity index (χ0) is 16.2.